The molecule has 0 bridgehead atoms. The molecule has 30 heavy (non-hydrogen) atoms. The molecule has 4 nitrogen and oxygen atoms in total. The summed E-state index contributed by atoms with van der Waals surface area (Å²) < 4.78 is 1.22. The Hall–Kier alpha value is -1.92. The second kappa shape index (κ2) is 8.31. The molecule has 4 aromatic rings. The Balaban J connectivity index is 1.70. The predicted octanol–water partition coefficient (Wildman–Crippen LogP) is 7.41. The van der Waals surface area contributed by atoms with E-state index in [1.165, 1.54) is 20.7 Å². The largest absolute Gasteiger partial charge is 0.237 e. The monoisotopic (exact) mass is 438 g/mol. The molecule has 0 spiro atoms. The highest BCUT2D eigenvalue weighted by molar-refractivity contribution is 7.18. The number of aromatic nitrogens is 4. The molecule has 0 saturated heterocycles. The van der Waals surface area contributed by atoms with Crippen LogP contribution < -0.4 is 0 Å². The lowest BCUT2D eigenvalue weighted by Crippen LogP contribution is -2.07. The molecule has 1 atom stereocenters. The van der Waals surface area contributed by atoms with Gasteiger partial charge in [-0.2, -0.15) is 0 Å². The molecule has 0 aliphatic carbocycles. The molecule has 1 unspecified atom stereocenters. The fraction of sp³-hybridized carbons (Fsp3) is 0.500. The lowest BCUT2D eigenvalue weighted by atomic mass is 10.0. The van der Waals surface area contributed by atoms with Crippen LogP contribution in [0.2, 0.25) is 0 Å². The van der Waals surface area contributed by atoms with E-state index < -0.39 is 0 Å². The van der Waals surface area contributed by atoms with Crippen LogP contribution >= 0.6 is 22.7 Å². The summed E-state index contributed by atoms with van der Waals surface area (Å²) in [7, 11) is 0. The van der Waals surface area contributed by atoms with Gasteiger partial charge in [-0.05, 0) is 35.8 Å². The Bertz CT molecular complexity index is 1190. The summed E-state index contributed by atoms with van der Waals surface area (Å²) in [5.74, 6) is 3.24. The van der Waals surface area contributed by atoms with Gasteiger partial charge in [0.15, 0.2) is 0 Å². The van der Waals surface area contributed by atoms with Crippen LogP contribution in [0.5, 0.6) is 0 Å². The van der Waals surface area contributed by atoms with E-state index in [1.54, 1.807) is 22.7 Å². The van der Waals surface area contributed by atoms with Gasteiger partial charge >= 0.3 is 0 Å². The minimum Gasteiger partial charge on any atom is -0.237 e. The SMILES string of the molecule is CC(C)c1nc(C(C)C)c2cc(CC(C)c3nc(C(C)C)c4sccc4n3)sc2n1. The summed E-state index contributed by atoms with van der Waals surface area (Å²) in [5, 5.41) is 3.32. The minimum absolute atomic E-state index is 0.250. The molecular weight excluding hydrogens is 408 g/mol. The van der Waals surface area contributed by atoms with Gasteiger partial charge in [0.05, 0.1) is 21.6 Å². The summed E-state index contributed by atoms with van der Waals surface area (Å²) in [5.41, 5.74) is 3.41. The van der Waals surface area contributed by atoms with Crippen molar-refractivity contribution >= 4 is 43.1 Å². The Labute approximate surface area is 186 Å². The van der Waals surface area contributed by atoms with E-state index in [9.17, 15) is 0 Å². The fourth-order valence-electron chi connectivity index (χ4n) is 3.72. The third-order valence-corrected chi connectivity index (χ3v) is 7.37. The highest BCUT2D eigenvalue weighted by Gasteiger charge is 2.20. The number of fused-ring (bicyclic) bond motifs is 2. The van der Waals surface area contributed by atoms with E-state index in [0.717, 1.165) is 34.1 Å². The fourth-order valence-corrected chi connectivity index (χ4v) is 5.86. The van der Waals surface area contributed by atoms with E-state index in [4.69, 9.17) is 19.9 Å². The van der Waals surface area contributed by atoms with E-state index >= 15 is 0 Å². The zero-order valence-electron chi connectivity index (χ0n) is 18.9. The van der Waals surface area contributed by atoms with Crippen molar-refractivity contribution in [3.63, 3.8) is 0 Å². The number of hydrogen-bond donors (Lipinski definition) is 0. The maximum Gasteiger partial charge on any atom is 0.132 e. The van der Waals surface area contributed by atoms with Crippen molar-refractivity contribution in [3.8, 4) is 0 Å². The standard InChI is InChI=1S/C24H30N4S2/c1-12(2)19-17-11-16(30-24(17)28-22(26-19)14(5)6)10-15(7)23-25-18-8-9-29-21(18)20(27-23)13(3)4/h8-9,11-15H,10H2,1-7H3. The van der Waals surface area contributed by atoms with Crippen molar-refractivity contribution in [2.24, 2.45) is 0 Å². The van der Waals surface area contributed by atoms with Crippen LogP contribution in [0.25, 0.3) is 20.4 Å². The smallest absolute Gasteiger partial charge is 0.132 e. The molecule has 0 aromatic carbocycles. The van der Waals surface area contributed by atoms with Gasteiger partial charge in [0, 0.05) is 22.1 Å². The third kappa shape index (κ3) is 4.00. The summed E-state index contributed by atoms with van der Waals surface area (Å²) in [6, 6.07) is 4.41. The van der Waals surface area contributed by atoms with Crippen LogP contribution in [0.3, 0.4) is 0 Å². The highest BCUT2D eigenvalue weighted by Crippen LogP contribution is 2.34. The lowest BCUT2D eigenvalue weighted by Gasteiger charge is -2.13. The summed E-state index contributed by atoms with van der Waals surface area (Å²) in [4.78, 5) is 22.1. The molecule has 0 aliphatic heterocycles. The summed E-state index contributed by atoms with van der Waals surface area (Å²) in [6.45, 7) is 15.4. The van der Waals surface area contributed by atoms with Crippen LogP contribution in [0.1, 0.15) is 100 Å². The molecule has 4 aromatic heterocycles. The molecule has 0 radical (unpaired) electrons. The normalized spacial score (nSPS) is 13.4. The molecule has 0 N–H and O–H groups in total. The second-order valence-corrected chi connectivity index (χ2v) is 11.1. The zero-order chi connectivity index (χ0) is 21.6. The quantitative estimate of drug-likeness (QED) is 0.314. The van der Waals surface area contributed by atoms with Gasteiger partial charge in [-0.3, -0.25) is 0 Å². The topological polar surface area (TPSA) is 51.6 Å². The summed E-state index contributed by atoms with van der Waals surface area (Å²) in [6.07, 6.45) is 0.919. The van der Waals surface area contributed by atoms with Gasteiger partial charge in [-0.1, -0.05) is 48.5 Å². The molecule has 4 heterocycles. The lowest BCUT2D eigenvalue weighted by molar-refractivity contribution is 0.692. The molecule has 0 amide bonds. The van der Waals surface area contributed by atoms with Crippen molar-refractivity contribution in [3.05, 3.63) is 45.4 Å². The molecule has 6 heteroatoms. The van der Waals surface area contributed by atoms with Gasteiger partial charge in [-0.15, -0.1) is 22.7 Å². The summed E-state index contributed by atoms with van der Waals surface area (Å²) >= 11 is 3.53. The van der Waals surface area contributed by atoms with Gasteiger partial charge < -0.3 is 0 Å². The van der Waals surface area contributed by atoms with E-state index in [2.05, 4.69) is 66.0 Å². The Morgan fingerprint density at radius 1 is 0.800 bits per heavy atom. The molecule has 158 valence electrons. The van der Waals surface area contributed by atoms with E-state index in [-0.39, 0.29) is 5.92 Å². The third-order valence-electron chi connectivity index (χ3n) is 5.40. The average Bonchev–Trinajstić information content (AvgIpc) is 3.31. The number of nitrogens with zero attached hydrogens (tertiary/aromatic N) is 4. The highest BCUT2D eigenvalue weighted by atomic mass is 32.1. The predicted molar refractivity (Wildman–Crippen MR) is 129 cm³/mol. The van der Waals surface area contributed by atoms with Crippen molar-refractivity contribution in [1.29, 1.82) is 0 Å². The average molecular weight is 439 g/mol. The number of rotatable bonds is 6. The Kier molecular flexibility index (Phi) is 5.90. The van der Waals surface area contributed by atoms with Crippen molar-refractivity contribution in [2.45, 2.75) is 78.6 Å². The van der Waals surface area contributed by atoms with Crippen LogP contribution in [0.4, 0.5) is 0 Å². The minimum atomic E-state index is 0.250. The Morgan fingerprint density at radius 2 is 1.50 bits per heavy atom. The first-order chi connectivity index (χ1) is 14.2. The van der Waals surface area contributed by atoms with Crippen molar-refractivity contribution in [1.82, 2.24) is 19.9 Å². The Morgan fingerprint density at radius 3 is 2.17 bits per heavy atom. The van der Waals surface area contributed by atoms with Crippen LogP contribution in [-0.2, 0) is 6.42 Å². The van der Waals surface area contributed by atoms with Crippen molar-refractivity contribution < 1.29 is 0 Å². The van der Waals surface area contributed by atoms with Gasteiger partial charge in [-0.25, -0.2) is 19.9 Å². The molecule has 4 rings (SSSR count). The van der Waals surface area contributed by atoms with Crippen LogP contribution in [0, 0.1) is 0 Å². The van der Waals surface area contributed by atoms with Gasteiger partial charge in [0.1, 0.15) is 16.5 Å². The van der Waals surface area contributed by atoms with E-state index in [1.807, 2.05) is 0 Å². The first-order valence-electron chi connectivity index (χ1n) is 10.8. The van der Waals surface area contributed by atoms with Gasteiger partial charge in [0.2, 0.25) is 0 Å². The number of thiophene rings is 2. The number of hydrogen-bond acceptors (Lipinski definition) is 6. The molecule has 0 saturated carbocycles. The maximum atomic E-state index is 4.98. The zero-order valence-corrected chi connectivity index (χ0v) is 20.5. The second-order valence-electron chi connectivity index (χ2n) is 9.07. The van der Waals surface area contributed by atoms with Crippen LogP contribution in [0.15, 0.2) is 17.5 Å². The van der Waals surface area contributed by atoms with E-state index in [0.29, 0.717) is 17.8 Å². The van der Waals surface area contributed by atoms with Gasteiger partial charge in [0.25, 0.3) is 0 Å². The maximum absolute atomic E-state index is 4.98. The van der Waals surface area contributed by atoms with Crippen molar-refractivity contribution in [2.75, 3.05) is 0 Å². The first-order valence-corrected chi connectivity index (χ1v) is 12.5. The molecular formula is C24H30N4S2. The molecule has 0 aliphatic rings. The van der Waals surface area contributed by atoms with Crippen LogP contribution in [-0.4, -0.2) is 19.9 Å². The molecule has 0 fully saturated rings. The first kappa shape index (κ1) is 21.3.